The van der Waals surface area contributed by atoms with Crippen LogP contribution < -0.4 is 14.9 Å². The van der Waals surface area contributed by atoms with Gasteiger partial charge in [-0.05, 0) is 74.9 Å². The third kappa shape index (κ3) is 8.21. The number of halogens is 3. The Balaban J connectivity index is 1.87. The second kappa shape index (κ2) is 9.29. The lowest BCUT2D eigenvalue weighted by atomic mass is 10.2. The Bertz CT molecular complexity index is 902. The first-order valence-electron chi connectivity index (χ1n) is 8.61. The van der Waals surface area contributed by atoms with Crippen LogP contribution in [0.4, 0.5) is 18.0 Å². The Morgan fingerprint density at radius 2 is 1.50 bits per heavy atom. The zero-order chi connectivity index (χ0) is 22.4. The Kier molecular flexibility index (Phi) is 7.04. The van der Waals surface area contributed by atoms with Crippen molar-refractivity contribution in [2.75, 3.05) is 0 Å². The minimum atomic E-state index is -4.80. The summed E-state index contributed by atoms with van der Waals surface area (Å²) in [5.74, 6) is -0.780. The maximum Gasteiger partial charge on any atom is 0.573 e. The van der Waals surface area contributed by atoms with Crippen LogP contribution in [-0.2, 0) is 4.74 Å². The normalized spacial score (nSPS) is 11.8. The molecule has 0 spiro atoms. The fourth-order valence-corrected chi connectivity index (χ4v) is 2.03. The first-order chi connectivity index (χ1) is 13.9. The van der Waals surface area contributed by atoms with Crippen LogP contribution in [0.3, 0.4) is 0 Å². The number of carbonyl (C=O) groups is 2. The van der Waals surface area contributed by atoms with E-state index in [4.69, 9.17) is 9.47 Å². The number of hydrogen-bond acceptors (Lipinski definition) is 6. The van der Waals surface area contributed by atoms with Crippen molar-refractivity contribution in [1.82, 2.24) is 5.43 Å². The predicted molar refractivity (Wildman–Crippen MR) is 101 cm³/mol. The van der Waals surface area contributed by atoms with Gasteiger partial charge < -0.3 is 14.2 Å². The van der Waals surface area contributed by atoms with E-state index in [0.29, 0.717) is 5.56 Å². The van der Waals surface area contributed by atoms with Gasteiger partial charge in [0.15, 0.2) is 0 Å². The van der Waals surface area contributed by atoms with Gasteiger partial charge in [0, 0.05) is 5.56 Å². The molecule has 10 heteroatoms. The molecule has 0 unspecified atom stereocenters. The largest absolute Gasteiger partial charge is 0.573 e. The maximum atomic E-state index is 12.1. The Morgan fingerprint density at radius 1 is 0.933 bits per heavy atom. The highest BCUT2D eigenvalue weighted by atomic mass is 19.4. The van der Waals surface area contributed by atoms with Gasteiger partial charge in [0.05, 0.1) is 6.21 Å². The number of nitrogens with one attached hydrogen (secondary N) is 1. The summed E-state index contributed by atoms with van der Waals surface area (Å²) in [5, 5.41) is 3.77. The number of carbonyl (C=O) groups excluding carboxylic acids is 2. The standard InChI is InChI=1S/C20H19F3N2O5/c1-19(2,3)30-18(27)28-15-8-4-13(5-9-15)12-24-25-17(26)14-6-10-16(11-7-14)29-20(21,22)23/h4-12H,1-3H3,(H,25,26)/b24-12+. The van der Waals surface area contributed by atoms with Crippen molar-refractivity contribution in [2.24, 2.45) is 5.10 Å². The molecule has 2 aromatic carbocycles. The molecule has 1 amide bonds. The monoisotopic (exact) mass is 424 g/mol. The fourth-order valence-electron chi connectivity index (χ4n) is 2.03. The van der Waals surface area contributed by atoms with Crippen LogP contribution in [0, 0.1) is 0 Å². The molecule has 0 fully saturated rings. The van der Waals surface area contributed by atoms with Crippen molar-refractivity contribution < 1.29 is 37.0 Å². The average Bonchev–Trinajstić information content (AvgIpc) is 2.60. The molecule has 0 bridgehead atoms. The minimum absolute atomic E-state index is 0.0998. The lowest BCUT2D eigenvalue weighted by molar-refractivity contribution is -0.274. The van der Waals surface area contributed by atoms with Crippen LogP contribution in [0.1, 0.15) is 36.7 Å². The Labute approximate surface area is 170 Å². The second-order valence-electron chi connectivity index (χ2n) is 6.91. The van der Waals surface area contributed by atoms with E-state index in [2.05, 4.69) is 15.3 Å². The van der Waals surface area contributed by atoms with Gasteiger partial charge in [-0.15, -0.1) is 13.2 Å². The summed E-state index contributed by atoms with van der Waals surface area (Å²) in [6.07, 6.45) is -4.29. The van der Waals surface area contributed by atoms with Crippen molar-refractivity contribution >= 4 is 18.3 Å². The summed E-state index contributed by atoms with van der Waals surface area (Å²) in [7, 11) is 0. The van der Waals surface area contributed by atoms with Gasteiger partial charge in [-0.1, -0.05) is 0 Å². The van der Waals surface area contributed by atoms with Gasteiger partial charge in [-0.2, -0.15) is 5.10 Å². The van der Waals surface area contributed by atoms with Gasteiger partial charge in [0.2, 0.25) is 0 Å². The predicted octanol–water partition coefficient (Wildman–Crippen LogP) is 4.66. The second-order valence-corrected chi connectivity index (χ2v) is 6.91. The number of amides is 1. The number of ether oxygens (including phenoxy) is 3. The van der Waals surface area contributed by atoms with Crippen LogP contribution in [0.25, 0.3) is 0 Å². The molecule has 1 N–H and O–H groups in total. The molecule has 0 aliphatic rings. The number of benzene rings is 2. The van der Waals surface area contributed by atoms with Gasteiger partial charge in [0.25, 0.3) is 5.91 Å². The molecule has 0 saturated carbocycles. The summed E-state index contributed by atoms with van der Waals surface area (Å²) in [4.78, 5) is 23.6. The van der Waals surface area contributed by atoms with Crippen LogP contribution in [0.2, 0.25) is 0 Å². The van der Waals surface area contributed by atoms with Crippen LogP contribution in [-0.4, -0.2) is 30.2 Å². The van der Waals surface area contributed by atoms with Gasteiger partial charge in [0.1, 0.15) is 17.1 Å². The molecular formula is C20H19F3N2O5. The minimum Gasteiger partial charge on any atom is -0.428 e. The van der Waals surface area contributed by atoms with Gasteiger partial charge >= 0.3 is 12.5 Å². The highest BCUT2D eigenvalue weighted by Gasteiger charge is 2.31. The topological polar surface area (TPSA) is 86.2 Å². The molecule has 0 atom stereocenters. The molecular weight excluding hydrogens is 405 g/mol. The van der Waals surface area contributed by atoms with E-state index < -0.39 is 29.8 Å². The molecule has 2 rings (SSSR count). The van der Waals surface area contributed by atoms with Gasteiger partial charge in [-0.3, -0.25) is 4.79 Å². The molecule has 0 radical (unpaired) electrons. The lowest BCUT2D eigenvalue weighted by Crippen LogP contribution is -2.25. The summed E-state index contributed by atoms with van der Waals surface area (Å²) in [5.41, 5.74) is 2.27. The SMILES string of the molecule is CC(C)(C)OC(=O)Oc1ccc(/C=N/NC(=O)c2ccc(OC(F)(F)F)cc2)cc1. The molecule has 0 saturated heterocycles. The highest BCUT2D eigenvalue weighted by Crippen LogP contribution is 2.22. The number of rotatable bonds is 5. The third-order valence-corrected chi connectivity index (χ3v) is 3.20. The molecule has 2 aromatic rings. The van der Waals surface area contributed by atoms with E-state index in [-0.39, 0.29) is 11.3 Å². The van der Waals surface area contributed by atoms with Crippen molar-refractivity contribution in [1.29, 1.82) is 0 Å². The first-order valence-corrected chi connectivity index (χ1v) is 8.61. The summed E-state index contributed by atoms with van der Waals surface area (Å²) in [6.45, 7) is 5.15. The number of hydrazone groups is 1. The quantitative estimate of drug-likeness (QED) is 0.326. The molecule has 7 nitrogen and oxygen atoms in total. The van der Waals surface area contributed by atoms with Crippen LogP contribution >= 0.6 is 0 Å². The molecule has 0 aliphatic heterocycles. The van der Waals surface area contributed by atoms with Gasteiger partial charge in [-0.25, -0.2) is 10.2 Å². The Hall–Kier alpha value is -3.56. The zero-order valence-electron chi connectivity index (χ0n) is 16.3. The number of nitrogens with zero attached hydrogens (tertiary/aromatic N) is 1. The average molecular weight is 424 g/mol. The van der Waals surface area contributed by atoms with Crippen molar-refractivity contribution in [3.8, 4) is 11.5 Å². The van der Waals surface area contributed by atoms with E-state index in [1.807, 2.05) is 0 Å². The van der Waals surface area contributed by atoms with Crippen molar-refractivity contribution in [2.45, 2.75) is 32.7 Å². The molecule has 30 heavy (non-hydrogen) atoms. The highest BCUT2D eigenvalue weighted by molar-refractivity contribution is 5.95. The Morgan fingerprint density at radius 3 is 2.03 bits per heavy atom. The fraction of sp³-hybridized carbons (Fsp3) is 0.250. The molecule has 0 aromatic heterocycles. The third-order valence-electron chi connectivity index (χ3n) is 3.20. The number of hydrogen-bond donors (Lipinski definition) is 1. The molecule has 160 valence electrons. The lowest BCUT2D eigenvalue weighted by Gasteiger charge is -2.18. The first kappa shape index (κ1) is 22.7. The van der Waals surface area contributed by atoms with Crippen LogP contribution in [0.15, 0.2) is 53.6 Å². The number of alkyl halides is 3. The smallest absolute Gasteiger partial charge is 0.428 e. The summed E-state index contributed by atoms with van der Waals surface area (Å²) >= 11 is 0. The van der Waals surface area contributed by atoms with E-state index in [9.17, 15) is 22.8 Å². The van der Waals surface area contributed by atoms with Crippen LogP contribution in [0.5, 0.6) is 11.5 Å². The molecule has 0 aliphatic carbocycles. The molecule has 0 heterocycles. The summed E-state index contributed by atoms with van der Waals surface area (Å²) in [6, 6.07) is 10.6. The summed E-state index contributed by atoms with van der Waals surface area (Å²) < 4.78 is 50.2. The van der Waals surface area contributed by atoms with Crippen molar-refractivity contribution in [3.05, 3.63) is 59.7 Å². The van der Waals surface area contributed by atoms with E-state index in [1.165, 1.54) is 30.5 Å². The zero-order valence-corrected chi connectivity index (χ0v) is 16.3. The van der Waals surface area contributed by atoms with Crippen molar-refractivity contribution in [3.63, 3.8) is 0 Å². The van der Waals surface area contributed by atoms with E-state index in [1.54, 1.807) is 32.9 Å². The van der Waals surface area contributed by atoms with E-state index >= 15 is 0 Å². The van der Waals surface area contributed by atoms with E-state index in [0.717, 1.165) is 12.1 Å². The maximum absolute atomic E-state index is 12.1.